The van der Waals surface area contributed by atoms with Gasteiger partial charge in [-0.15, -0.1) is 0 Å². The Labute approximate surface area is 178 Å². The molecule has 2 aromatic rings. The number of carbonyl (C=O) groups is 4. The van der Waals surface area contributed by atoms with Crippen molar-refractivity contribution < 1.29 is 23.9 Å². The highest BCUT2D eigenvalue weighted by Crippen LogP contribution is 2.30. The van der Waals surface area contributed by atoms with Crippen molar-refractivity contribution in [2.45, 2.75) is 20.3 Å². The van der Waals surface area contributed by atoms with E-state index in [2.05, 4.69) is 5.32 Å². The molecular formula is C22H19ClN2O5. The molecule has 0 bridgehead atoms. The van der Waals surface area contributed by atoms with Crippen LogP contribution >= 0.6 is 11.6 Å². The Balaban J connectivity index is 1.83. The van der Waals surface area contributed by atoms with Gasteiger partial charge >= 0.3 is 5.97 Å². The fourth-order valence-corrected chi connectivity index (χ4v) is 3.04. The summed E-state index contributed by atoms with van der Waals surface area (Å²) in [6.45, 7) is 3.60. The van der Waals surface area contributed by atoms with Gasteiger partial charge < -0.3 is 10.1 Å². The summed E-state index contributed by atoms with van der Waals surface area (Å²) in [5, 5.41) is 2.57. The molecule has 1 heterocycles. The average Bonchev–Trinajstić information content (AvgIpc) is 2.95. The zero-order valence-corrected chi connectivity index (χ0v) is 17.2. The number of Topliss-reactive ketones (excluding diaryl/α,β-unsaturated/α-hetero) is 1. The molecule has 0 aliphatic carbocycles. The van der Waals surface area contributed by atoms with Gasteiger partial charge in [0, 0.05) is 11.3 Å². The highest BCUT2D eigenvalue weighted by Gasteiger charge is 2.39. The van der Waals surface area contributed by atoms with Crippen LogP contribution in [0, 0.1) is 0 Å². The first-order chi connectivity index (χ1) is 14.3. The van der Waals surface area contributed by atoms with Crippen LogP contribution in [0.4, 0.5) is 11.4 Å². The Bertz CT molecular complexity index is 1060. The minimum atomic E-state index is -0.705. The van der Waals surface area contributed by atoms with Gasteiger partial charge in [0.15, 0.2) is 5.78 Å². The first kappa shape index (κ1) is 21.3. The largest absolute Gasteiger partial charge is 0.462 e. The second-order valence-electron chi connectivity index (χ2n) is 6.58. The molecule has 0 fully saturated rings. The Morgan fingerprint density at radius 1 is 1.03 bits per heavy atom. The van der Waals surface area contributed by atoms with Crippen LogP contribution in [0.1, 0.15) is 41.0 Å². The summed E-state index contributed by atoms with van der Waals surface area (Å²) in [6, 6.07) is 12.4. The van der Waals surface area contributed by atoms with E-state index in [-0.39, 0.29) is 34.4 Å². The Hall–Kier alpha value is -3.45. The molecule has 1 aliphatic rings. The van der Waals surface area contributed by atoms with E-state index in [9.17, 15) is 19.2 Å². The topological polar surface area (TPSA) is 92.8 Å². The van der Waals surface area contributed by atoms with Gasteiger partial charge in [-0.25, -0.2) is 9.69 Å². The zero-order valence-electron chi connectivity index (χ0n) is 16.4. The number of esters is 1. The molecule has 1 aliphatic heterocycles. The molecule has 0 unspecified atom stereocenters. The van der Waals surface area contributed by atoms with Gasteiger partial charge in [-0.05, 0) is 55.8 Å². The van der Waals surface area contributed by atoms with Crippen molar-refractivity contribution in [3.8, 4) is 0 Å². The number of amides is 2. The lowest BCUT2D eigenvalue weighted by molar-refractivity contribution is -0.120. The molecule has 154 valence electrons. The van der Waals surface area contributed by atoms with E-state index in [1.165, 1.54) is 25.1 Å². The van der Waals surface area contributed by atoms with Crippen molar-refractivity contribution in [1.29, 1.82) is 0 Å². The van der Waals surface area contributed by atoms with E-state index in [1.807, 2.05) is 6.92 Å². The quantitative estimate of drug-likeness (QED) is 0.410. The van der Waals surface area contributed by atoms with Gasteiger partial charge in [0.1, 0.15) is 10.7 Å². The van der Waals surface area contributed by atoms with E-state index in [0.29, 0.717) is 17.7 Å². The molecule has 2 aromatic carbocycles. The summed E-state index contributed by atoms with van der Waals surface area (Å²) in [5.74, 6) is -1.99. The third-order valence-electron chi connectivity index (χ3n) is 4.37. The second kappa shape index (κ2) is 8.92. The lowest BCUT2D eigenvalue weighted by Gasteiger charge is -2.16. The third-order valence-corrected chi connectivity index (χ3v) is 4.72. The number of nitrogens with one attached hydrogen (secondary N) is 1. The Morgan fingerprint density at radius 3 is 2.37 bits per heavy atom. The number of anilines is 2. The molecule has 3 rings (SSSR count). The number of hydrogen-bond acceptors (Lipinski definition) is 6. The molecular weight excluding hydrogens is 408 g/mol. The lowest BCUT2D eigenvalue weighted by atomic mass is 10.1. The normalized spacial score (nSPS) is 13.6. The van der Waals surface area contributed by atoms with Crippen LogP contribution in [0.15, 0.2) is 59.3 Å². The summed E-state index contributed by atoms with van der Waals surface area (Å²) in [7, 11) is 0. The van der Waals surface area contributed by atoms with Gasteiger partial charge in [-0.1, -0.05) is 24.6 Å². The van der Waals surface area contributed by atoms with Crippen LogP contribution in [-0.4, -0.2) is 30.2 Å². The van der Waals surface area contributed by atoms with E-state index in [1.54, 1.807) is 30.3 Å². The molecule has 30 heavy (non-hydrogen) atoms. The van der Waals surface area contributed by atoms with Crippen LogP contribution < -0.4 is 10.2 Å². The van der Waals surface area contributed by atoms with Crippen molar-refractivity contribution >= 4 is 46.5 Å². The van der Waals surface area contributed by atoms with Gasteiger partial charge in [-0.3, -0.25) is 14.4 Å². The van der Waals surface area contributed by atoms with E-state index in [4.69, 9.17) is 16.3 Å². The monoisotopic (exact) mass is 426 g/mol. The number of ether oxygens (including phenoxy) is 1. The number of carbonyl (C=O) groups excluding carboxylic acids is 4. The average molecular weight is 427 g/mol. The number of halogens is 1. The molecule has 0 aromatic heterocycles. The van der Waals surface area contributed by atoms with Crippen LogP contribution in [0.5, 0.6) is 0 Å². The number of benzene rings is 2. The second-order valence-corrected chi connectivity index (χ2v) is 6.96. The first-order valence-electron chi connectivity index (χ1n) is 9.27. The van der Waals surface area contributed by atoms with Crippen LogP contribution in [-0.2, 0) is 14.3 Å². The van der Waals surface area contributed by atoms with Gasteiger partial charge in [-0.2, -0.15) is 0 Å². The lowest BCUT2D eigenvalue weighted by Crippen LogP contribution is -2.32. The fraction of sp³-hybridized carbons (Fsp3) is 0.182. The molecule has 2 amide bonds. The summed E-state index contributed by atoms with van der Waals surface area (Å²) >= 11 is 6.13. The highest BCUT2D eigenvalue weighted by molar-refractivity contribution is 6.53. The fourth-order valence-electron chi connectivity index (χ4n) is 2.83. The minimum Gasteiger partial charge on any atom is -0.462 e. The van der Waals surface area contributed by atoms with E-state index >= 15 is 0 Å². The molecule has 8 heteroatoms. The summed E-state index contributed by atoms with van der Waals surface area (Å²) in [5.41, 5.74) is 1.35. The molecule has 0 radical (unpaired) electrons. The molecule has 0 saturated carbocycles. The number of imide groups is 1. The van der Waals surface area contributed by atoms with Crippen molar-refractivity contribution in [2.24, 2.45) is 0 Å². The van der Waals surface area contributed by atoms with Crippen molar-refractivity contribution in [2.75, 3.05) is 16.8 Å². The Morgan fingerprint density at radius 2 is 1.73 bits per heavy atom. The smallest absolute Gasteiger partial charge is 0.338 e. The third kappa shape index (κ3) is 4.26. The number of rotatable bonds is 7. The summed E-state index contributed by atoms with van der Waals surface area (Å²) < 4.78 is 5.10. The summed E-state index contributed by atoms with van der Waals surface area (Å²) in [6.07, 6.45) is 0.677. The van der Waals surface area contributed by atoms with Crippen molar-refractivity contribution in [3.63, 3.8) is 0 Å². The maximum Gasteiger partial charge on any atom is 0.338 e. The van der Waals surface area contributed by atoms with Crippen LogP contribution in [0.2, 0.25) is 0 Å². The minimum absolute atomic E-state index is 0.0868. The standard InChI is InChI=1S/C22H19ClN2O5/c1-3-11-30-22(29)15-5-4-6-17(12-15)25-20(27)18(23)19(21(25)28)24-16-9-7-14(8-10-16)13(2)26/h4-10,12,24H,3,11H2,1-2H3. The number of nitrogens with zero attached hydrogens (tertiary/aromatic N) is 1. The zero-order chi connectivity index (χ0) is 21.8. The predicted molar refractivity (Wildman–Crippen MR) is 112 cm³/mol. The highest BCUT2D eigenvalue weighted by atomic mass is 35.5. The maximum absolute atomic E-state index is 12.9. The number of ketones is 1. The Kier molecular flexibility index (Phi) is 6.32. The van der Waals surface area contributed by atoms with Gasteiger partial charge in [0.2, 0.25) is 0 Å². The van der Waals surface area contributed by atoms with E-state index in [0.717, 1.165) is 4.90 Å². The first-order valence-corrected chi connectivity index (χ1v) is 9.65. The molecule has 7 nitrogen and oxygen atoms in total. The van der Waals surface area contributed by atoms with Crippen molar-refractivity contribution in [1.82, 2.24) is 0 Å². The van der Waals surface area contributed by atoms with Gasteiger partial charge in [0.25, 0.3) is 11.8 Å². The number of hydrogen-bond donors (Lipinski definition) is 1. The van der Waals surface area contributed by atoms with Crippen LogP contribution in [0.25, 0.3) is 0 Å². The predicted octanol–water partition coefficient (Wildman–Crippen LogP) is 3.89. The van der Waals surface area contributed by atoms with E-state index < -0.39 is 17.8 Å². The van der Waals surface area contributed by atoms with Crippen LogP contribution in [0.3, 0.4) is 0 Å². The SMILES string of the molecule is CCCOC(=O)c1cccc(N2C(=O)C(Cl)=C(Nc3ccc(C(C)=O)cc3)C2=O)c1. The van der Waals surface area contributed by atoms with Gasteiger partial charge in [0.05, 0.1) is 17.9 Å². The maximum atomic E-state index is 12.9. The molecule has 0 spiro atoms. The summed E-state index contributed by atoms with van der Waals surface area (Å²) in [4.78, 5) is 49.9. The molecule has 0 atom stereocenters. The van der Waals surface area contributed by atoms with Crippen molar-refractivity contribution in [3.05, 3.63) is 70.4 Å². The molecule has 0 saturated heterocycles. The molecule has 1 N–H and O–H groups in total.